The van der Waals surface area contributed by atoms with Crippen molar-refractivity contribution in [2.45, 2.75) is 19.3 Å². The van der Waals surface area contributed by atoms with E-state index in [1.807, 2.05) is 19.1 Å². The van der Waals surface area contributed by atoms with Crippen molar-refractivity contribution in [3.05, 3.63) is 74.2 Å². The number of nitrogens with zero attached hydrogens (tertiary/aromatic N) is 1. The number of hydrogen-bond donors (Lipinski definition) is 2. The molecule has 1 aliphatic heterocycles. The molecule has 0 fully saturated rings. The van der Waals surface area contributed by atoms with Crippen molar-refractivity contribution in [2.75, 3.05) is 18.2 Å². The predicted octanol–water partition coefficient (Wildman–Crippen LogP) is 4.25. The van der Waals surface area contributed by atoms with E-state index in [2.05, 4.69) is 32.6 Å². The lowest BCUT2D eigenvalue weighted by Crippen LogP contribution is -2.31. The Balaban J connectivity index is 1.76. The minimum absolute atomic E-state index is 0.0229. The molecule has 0 saturated heterocycles. The van der Waals surface area contributed by atoms with Gasteiger partial charge in [-0.05, 0) is 58.2 Å². The van der Waals surface area contributed by atoms with Crippen molar-refractivity contribution in [2.24, 2.45) is 0 Å². The molecule has 9 heteroatoms. The topological polar surface area (TPSA) is 108 Å². The number of esters is 1. The number of benzene rings is 2. The Morgan fingerprint density at radius 1 is 1.28 bits per heavy atom. The second kappa shape index (κ2) is 10.5. The van der Waals surface area contributed by atoms with Gasteiger partial charge in [-0.3, -0.25) is 9.59 Å². The first-order valence-corrected chi connectivity index (χ1v) is 11.4. The summed E-state index contributed by atoms with van der Waals surface area (Å²) in [7, 11) is 1.30. The van der Waals surface area contributed by atoms with Gasteiger partial charge in [0.25, 0.3) is 0 Å². The zero-order chi connectivity index (χ0) is 23.3. The van der Waals surface area contributed by atoms with Crippen LogP contribution in [0.25, 0.3) is 0 Å². The minimum atomic E-state index is -0.462. The molecular formula is C23H20BrN3O4S. The normalized spacial score (nSPS) is 15.6. The number of anilines is 1. The van der Waals surface area contributed by atoms with Gasteiger partial charge in [0.2, 0.25) is 11.8 Å². The van der Waals surface area contributed by atoms with Crippen LogP contribution in [0.5, 0.6) is 0 Å². The number of nitriles is 1. The van der Waals surface area contributed by atoms with Crippen molar-refractivity contribution in [3.8, 4) is 6.07 Å². The number of thioether (sulfide) groups is 1. The Labute approximate surface area is 198 Å². The van der Waals surface area contributed by atoms with Crippen LogP contribution in [0.1, 0.15) is 33.8 Å². The lowest BCUT2D eigenvalue weighted by Gasteiger charge is -2.25. The summed E-state index contributed by atoms with van der Waals surface area (Å²) in [6, 6.07) is 14.4. The van der Waals surface area contributed by atoms with Crippen molar-refractivity contribution >= 4 is 51.2 Å². The second-order valence-corrected chi connectivity index (χ2v) is 8.93. The molecule has 2 aromatic rings. The number of methoxy groups -OCH3 is 1. The van der Waals surface area contributed by atoms with E-state index in [0.29, 0.717) is 21.9 Å². The van der Waals surface area contributed by atoms with Crippen LogP contribution < -0.4 is 10.6 Å². The van der Waals surface area contributed by atoms with Crippen molar-refractivity contribution in [3.63, 3.8) is 0 Å². The molecule has 3 rings (SSSR count). The molecule has 0 bridgehead atoms. The van der Waals surface area contributed by atoms with Gasteiger partial charge in [-0.15, -0.1) is 0 Å². The number of halogens is 1. The summed E-state index contributed by atoms with van der Waals surface area (Å²) in [4.78, 5) is 36.4. The second-order valence-electron chi connectivity index (χ2n) is 7.09. The number of rotatable bonds is 6. The number of allylic oxidation sites excluding steroid dienone is 1. The average Bonchev–Trinajstić information content (AvgIpc) is 2.78. The van der Waals surface area contributed by atoms with Gasteiger partial charge < -0.3 is 15.4 Å². The maximum absolute atomic E-state index is 12.4. The highest BCUT2D eigenvalue weighted by Gasteiger charge is 2.30. The Kier molecular flexibility index (Phi) is 7.72. The molecule has 0 aromatic heterocycles. The first-order valence-electron chi connectivity index (χ1n) is 9.63. The molecule has 32 heavy (non-hydrogen) atoms. The SMILES string of the molecule is COC(=O)c1ccc([C@@H]2CC(=O)NC(SCC(=O)Nc3ccc(C)cc3Br)=C2C#N)cc1. The molecule has 1 atom stereocenters. The number of ether oxygens (including phenoxy) is 1. The maximum atomic E-state index is 12.4. The molecular weight excluding hydrogens is 494 g/mol. The van der Waals surface area contributed by atoms with E-state index in [-0.39, 0.29) is 24.0 Å². The number of carbonyl (C=O) groups excluding carboxylic acids is 3. The fourth-order valence-corrected chi connectivity index (χ4v) is 4.70. The van der Waals surface area contributed by atoms with Crippen molar-refractivity contribution < 1.29 is 19.1 Å². The molecule has 0 radical (unpaired) electrons. The zero-order valence-electron chi connectivity index (χ0n) is 17.4. The van der Waals surface area contributed by atoms with Gasteiger partial charge in [0.1, 0.15) is 0 Å². The van der Waals surface area contributed by atoms with E-state index in [1.165, 1.54) is 7.11 Å². The first kappa shape index (κ1) is 23.6. The number of carbonyl (C=O) groups is 3. The largest absolute Gasteiger partial charge is 0.465 e. The van der Waals surface area contributed by atoms with Crippen molar-refractivity contribution in [1.82, 2.24) is 5.32 Å². The third kappa shape index (κ3) is 5.58. The predicted molar refractivity (Wildman–Crippen MR) is 126 cm³/mol. The number of nitrogens with one attached hydrogen (secondary N) is 2. The third-order valence-electron chi connectivity index (χ3n) is 4.84. The van der Waals surface area contributed by atoms with Gasteiger partial charge >= 0.3 is 5.97 Å². The highest BCUT2D eigenvalue weighted by molar-refractivity contribution is 9.10. The van der Waals surface area contributed by atoms with Gasteiger partial charge in [0.05, 0.1) is 40.8 Å². The molecule has 2 N–H and O–H groups in total. The molecule has 1 aliphatic rings. The summed E-state index contributed by atoms with van der Waals surface area (Å²) in [5, 5.41) is 15.7. The first-order chi connectivity index (χ1) is 15.3. The summed E-state index contributed by atoms with van der Waals surface area (Å²) < 4.78 is 5.47. The van der Waals surface area contributed by atoms with Crippen LogP contribution in [0.4, 0.5) is 5.69 Å². The van der Waals surface area contributed by atoms with Crippen LogP contribution >= 0.6 is 27.7 Å². The van der Waals surface area contributed by atoms with Gasteiger partial charge in [-0.2, -0.15) is 5.26 Å². The lowest BCUT2D eigenvalue weighted by molar-refractivity contribution is -0.121. The number of amides is 2. The minimum Gasteiger partial charge on any atom is -0.465 e. The molecule has 7 nitrogen and oxygen atoms in total. The molecule has 164 valence electrons. The van der Waals surface area contributed by atoms with Crippen LogP contribution in [-0.4, -0.2) is 30.6 Å². The van der Waals surface area contributed by atoms with E-state index in [0.717, 1.165) is 27.4 Å². The summed E-state index contributed by atoms with van der Waals surface area (Å²) >= 11 is 4.53. The fraction of sp³-hybridized carbons (Fsp3) is 0.217. The number of hydrogen-bond acceptors (Lipinski definition) is 6. The molecule has 0 unspecified atom stereocenters. The molecule has 0 saturated carbocycles. The van der Waals surface area contributed by atoms with E-state index in [9.17, 15) is 19.6 Å². The monoisotopic (exact) mass is 513 g/mol. The van der Waals surface area contributed by atoms with E-state index in [4.69, 9.17) is 4.74 Å². The highest BCUT2D eigenvalue weighted by Crippen LogP contribution is 2.36. The fourth-order valence-electron chi connectivity index (χ4n) is 3.23. The Hall–Kier alpha value is -3.09. The maximum Gasteiger partial charge on any atom is 0.337 e. The van der Waals surface area contributed by atoms with E-state index >= 15 is 0 Å². The average molecular weight is 514 g/mol. The van der Waals surface area contributed by atoms with Gasteiger partial charge in [0.15, 0.2) is 0 Å². The zero-order valence-corrected chi connectivity index (χ0v) is 19.8. The molecule has 0 spiro atoms. The molecule has 1 heterocycles. The van der Waals surface area contributed by atoms with Gasteiger partial charge in [-0.25, -0.2) is 4.79 Å². The van der Waals surface area contributed by atoms with Crippen molar-refractivity contribution in [1.29, 1.82) is 5.26 Å². The Bertz CT molecular complexity index is 1140. The highest BCUT2D eigenvalue weighted by atomic mass is 79.9. The summed E-state index contributed by atoms with van der Waals surface area (Å²) in [5.74, 6) is -1.40. The summed E-state index contributed by atoms with van der Waals surface area (Å²) in [6.45, 7) is 1.95. The van der Waals surface area contributed by atoms with E-state index < -0.39 is 11.9 Å². The Morgan fingerprint density at radius 3 is 2.62 bits per heavy atom. The molecule has 2 amide bonds. The third-order valence-corrected chi connectivity index (χ3v) is 6.51. The molecule has 2 aromatic carbocycles. The van der Waals surface area contributed by atoms with Crippen LogP contribution in [0.2, 0.25) is 0 Å². The van der Waals surface area contributed by atoms with Crippen LogP contribution in [0.15, 0.2) is 57.5 Å². The quantitative estimate of drug-likeness (QED) is 0.558. The van der Waals surface area contributed by atoms with Gasteiger partial charge in [0, 0.05) is 16.8 Å². The van der Waals surface area contributed by atoms with E-state index in [1.54, 1.807) is 30.3 Å². The standard InChI is InChI=1S/C23H20BrN3O4S/c1-13-3-8-19(18(24)9-13)26-21(29)12-32-22-17(11-25)16(10-20(28)27-22)14-4-6-15(7-5-14)23(30)31-2/h3-9,16H,10,12H2,1-2H3,(H,26,29)(H,27,28)/t16-/m0/s1. The van der Waals surface area contributed by atoms with Crippen LogP contribution in [-0.2, 0) is 14.3 Å². The Morgan fingerprint density at radius 2 is 2.00 bits per heavy atom. The summed E-state index contributed by atoms with van der Waals surface area (Å²) in [5.41, 5.74) is 3.20. The smallest absolute Gasteiger partial charge is 0.337 e. The lowest BCUT2D eigenvalue weighted by atomic mass is 9.87. The summed E-state index contributed by atoms with van der Waals surface area (Å²) in [6.07, 6.45) is 0.104. The molecule has 0 aliphatic carbocycles. The number of aryl methyl sites for hydroxylation is 1. The van der Waals surface area contributed by atoms with Crippen LogP contribution in [0, 0.1) is 18.3 Å². The van der Waals surface area contributed by atoms with Gasteiger partial charge in [-0.1, -0.05) is 30.0 Å². The van der Waals surface area contributed by atoms with Crippen LogP contribution in [0.3, 0.4) is 0 Å².